The highest BCUT2D eigenvalue weighted by Crippen LogP contribution is 2.38. The average molecular weight is 245 g/mol. The van der Waals surface area contributed by atoms with Gasteiger partial charge in [-0.25, -0.2) is 0 Å². The minimum Gasteiger partial charge on any atom is -0.372 e. The lowest BCUT2D eigenvalue weighted by Crippen LogP contribution is -2.38. The Kier molecular flexibility index (Phi) is 3.67. The zero-order chi connectivity index (χ0) is 12.4. The zero-order valence-electron chi connectivity index (χ0n) is 11.2. The van der Waals surface area contributed by atoms with Gasteiger partial charge in [0, 0.05) is 6.04 Å². The van der Waals surface area contributed by atoms with E-state index in [4.69, 9.17) is 4.74 Å². The molecule has 0 bridgehead atoms. The molecular formula is C16H23NO. The lowest BCUT2D eigenvalue weighted by Gasteiger charge is -2.33. The molecule has 2 unspecified atom stereocenters. The summed E-state index contributed by atoms with van der Waals surface area (Å²) in [6.07, 6.45) is 5.42. The maximum absolute atomic E-state index is 6.09. The lowest BCUT2D eigenvalue weighted by atomic mass is 9.91. The van der Waals surface area contributed by atoms with Gasteiger partial charge in [-0.1, -0.05) is 44.0 Å². The van der Waals surface area contributed by atoms with E-state index in [1.165, 1.54) is 30.4 Å². The first-order valence-corrected chi connectivity index (χ1v) is 7.31. The van der Waals surface area contributed by atoms with E-state index in [1.54, 1.807) is 0 Å². The zero-order valence-corrected chi connectivity index (χ0v) is 11.2. The first-order chi connectivity index (χ1) is 8.88. The van der Waals surface area contributed by atoms with Crippen LogP contribution in [0.25, 0.3) is 0 Å². The molecule has 2 aliphatic rings. The Morgan fingerprint density at radius 2 is 2.17 bits per heavy atom. The summed E-state index contributed by atoms with van der Waals surface area (Å²) >= 11 is 0. The van der Waals surface area contributed by atoms with Crippen LogP contribution in [0.3, 0.4) is 0 Å². The van der Waals surface area contributed by atoms with Crippen LogP contribution >= 0.6 is 0 Å². The van der Waals surface area contributed by atoms with Crippen LogP contribution < -0.4 is 5.32 Å². The van der Waals surface area contributed by atoms with Crippen LogP contribution in [0.2, 0.25) is 0 Å². The third-order valence-corrected chi connectivity index (χ3v) is 4.15. The summed E-state index contributed by atoms with van der Waals surface area (Å²) in [6, 6.07) is 9.27. The maximum atomic E-state index is 6.09. The summed E-state index contributed by atoms with van der Waals surface area (Å²) < 4.78 is 6.09. The van der Waals surface area contributed by atoms with Gasteiger partial charge in [0.05, 0.1) is 12.7 Å². The van der Waals surface area contributed by atoms with Gasteiger partial charge in [-0.3, -0.25) is 0 Å². The van der Waals surface area contributed by atoms with Crippen LogP contribution in [0.1, 0.15) is 43.4 Å². The molecule has 1 aliphatic heterocycles. The van der Waals surface area contributed by atoms with Gasteiger partial charge in [-0.05, 0) is 36.4 Å². The molecule has 18 heavy (non-hydrogen) atoms. The molecule has 0 aromatic heterocycles. The highest BCUT2D eigenvalue weighted by molar-refractivity contribution is 5.32. The molecule has 1 saturated carbocycles. The Hall–Kier alpha value is -0.860. The second kappa shape index (κ2) is 5.41. The van der Waals surface area contributed by atoms with Gasteiger partial charge in [0.25, 0.3) is 0 Å². The van der Waals surface area contributed by atoms with Crippen LogP contribution in [0.4, 0.5) is 0 Å². The van der Waals surface area contributed by atoms with E-state index in [9.17, 15) is 0 Å². The van der Waals surface area contributed by atoms with E-state index in [0.29, 0.717) is 6.04 Å². The molecule has 1 fully saturated rings. The minimum absolute atomic E-state index is 0.260. The highest BCUT2D eigenvalue weighted by atomic mass is 16.5. The first-order valence-electron chi connectivity index (χ1n) is 7.31. The Bertz CT molecular complexity index is 400. The minimum atomic E-state index is 0.260. The maximum Gasteiger partial charge on any atom is 0.0980 e. The summed E-state index contributed by atoms with van der Waals surface area (Å²) in [4.78, 5) is 0. The summed E-state index contributed by atoms with van der Waals surface area (Å²) in [5.41, 5.74) is 2.89. The van der Waals surface area contributed by atoms with Crippen molar-refractivity contribution < 1.29 is 4.74 Å². The second-order valence-corrected chi connectivity index (χ2v) is 5.58. The largest absolute Gasteiger partial charge is 0.372 e. The van der Waals surface area contributed by atoms with Crippen molar-refractivity contribution >= 4 is 0 Å². The Balaban J connectivity index is 1.80. The lowest BCUT2D eigenvalue weighted by molar-refractivity contribution is 0.0123. The van der Waals surface area contributed by atoms with Crippen molar-refractivity contribution in [3.8, 4) is 0 Å². The predicted molar refractivity (Wildman–Crippen MR) is 73.6 cm³/mol. The molecule has 3 rings (SSSR count). The van der Waals surface area contributed by atoms with Gasteiger partial charge >= 0.3 is 0 Å². The third-order valence-electron chi connectivity index (χ3n) is 4.15. The number of benzene rings is 1. The molecule has 98 valence electrons. The molecule has 0 radical (unpaired) electrons. The standard InChI is InChI=1S/C16H23NO/c1-2-17-15(11-12-7-8-12)16-14-6-4-3-5-13(14)9-10-18-16/h3-6,12,15-17H,2,7-11H2,1H3. The Labute approximate surface area is 110 Å². The Morgan fingerprint density at radius 3 is 2.94 bits per heavy atom. The van der Waals surface area contributed by atoms with Crippen molar-refractivity contribution in [2.75, 3.05) is 13.2 Å². The Morgan fingerprint density at radius 1 is 1.33 bits per heavy atom. The summed E-state index contributed by atoms with van der Waals surface area (Å²) in [5.74, 6) is 0.937. The third kappa shape index (κ3) is 2.60. The number of ether oxygens (including phenoxy) is 1. The van der Waals surface area contributed by atoms with Gasteiger partial charge in [0.15, 0.2) is 0 Å². The molecule has 2 nitrogen and oxygen atoms in total. The quantitative estimate of drug-likeness (QED) is 0.860. The van der Waals surface area contributed by atoms with E-state index < -0.39 is 0 Å². The number of hydrogen-bond acceptors (Lipinski definition) is 2. The van der Waals surface area contributed by atoms with E-state index >= 15 is 0 Å². The molecule has 1 aliphatic carbocycles. The summed E-state index contributed by atoms with van der Waals surface area (Å²) in [6.45, 7) is 4.09. The second-order valence-electron chi connectivity index (χ2n) is 5.58. The van der Waals surface area contributed by atoms with Crippen molar-refractivity contribution in [1.82, 2.24) is 5.32 Å². The number of hydrogen-bond donors (Lipinski definition) is 1. The van der Waals surface area contributed by atoms with Crippen molar-refractivity contribution in [2.45, 2.75) is 44.8 Å². The molecule has 1 aromatic rings. The van der Waals surface area contributed by atoms with Crippen molar-refractivity contribution in [3.63, 3.8) is 0 Å². The predicted octanol–water partition coefficient (Wildman–Crippen LogP) is 3.08. The van der Waals surface area contributed by atoms with Gasteiger partial charge < -0.3 is 10.1 Å². The van der Waals surface area contributed by atoms with E-state index in [0.717, 1.165) is 25.5 Å². The fourth-order valence-corrected chi connectivity index (χ4v) is 3.05. The number of fused-ring (bicyclic) bond motifs is 1. The summed E-state index contributed by atoms with van der Waals surface area (Å²) in [5, 5.41) is 3.64. The number of rotatable bonds is 5. The molecule has 1 N–H and O–H groups in total. The molecule has 0 amide bonds. The van der Waals surface area contributed by atoms with Crippen molar-refractivity contribution in [3.05, 3.63) is 35.4 Å². The molecule has 1 aromatic carbocycles. The van der Waals surface area contributed by atoms with Gasteiger partial charge in [-0.2, -0.15) is 0 Å². The van der Waals surface area contributed by atoms with Gasteiger partial charge in [0.2, 0.25) is 0 Å². The van der Waals surface area contributed by atoms with Crippen molar-refractivity contribution in [1.29, 1.82) is 0 Å². The highest BCUT2D eigenvalue weighted by Gasteiger charge is 2.33. The normalized spacial score (nSPS) is 24.6. The topological polar surface area (TPSA) is 21.3 Å². The first kappa shape index (κ1) is 12.2. The van der Waals surface area contributed by atoms with E-state index in [1.807, 2.05) is 0 Å². The molecule has 2 atom stereocenters. The fraction of sp³-hybridized carbons (Fsp3) is 0.625. The van der Waals surface area contributed by atoms with E-state index in [2.05, 4.69) is 36.5 Å². The molecule has 0 spiro atoms. The number of nitrogens with one attached hydrogen (secondary N) is 1. The molecular weight excluding hydrogens is 222 g/mol. The SMILES string of the molecule is CCNC(CC1CC1)C1OCCc2ccccc21. The average Bonchev–Trinajstić information content (AvgIpc) is 3.22. The molecule has 0 saturated heterocycles. The molecule has 2 heteroatoms. The van der Waals surface area contributed by atoms with Gasteiger partial charge in [0.1, 0.15) is 0 Å². The van der Waals surface area contributed by atoms with Crippen LogP contribution in [-0.4, -0.2) is 19.2 Å². The van der Waals surface area contributed by atoms with Crippen molar-refractivity contribution in [2.24, 2.45) is 5.92 Å². The van der Waals surface area contributed by atoms with Crippen LogP contribution in [-0.2, 0) is 11.2 Å². The number of likely N-dealkylation sites (N-methyl/N-ethyl adjacent to an activating group) is 1. The fourth-order valence-electron chi connectivity index (χ4n) is 3.05. The van der Waals surface area contributed by atoms with Crippen LogP contribution in [0, 0.1) is 5.92 Å². The summed E-state index contributed by atoms with van der Waals surface area (Å²) in [7, 11) is 0. The van der Waals surface area contributed by atoms with E-state index in [-0.39, 0.29) is 6.10 Å². The smallest absolute Gasteiger partial charge is 0.0980 e. The molecule has 1 heterocycles. The van der Waals surface area contributed by atoms with Crippen LogP contribution in [0.5, 0.6) is 0 Å². The van der Waals surface area contributed by atoms with Gasteiger partial charge in [-0.15, -0.1) is 0 Å². The monoisotopic (exact) mass is 245 g/mol. The van der Waals surface area contributed by atoms with Crippen LogP contribution in [0.15, 0.2) is 24.3 Å².